The fraction of sp³-hybridized carbons (Fsp3) is 0.308. The van der Waals surface area contributed by atoms with Crippen LogP contribution in [0.4, 0.5) is 4.79 Å². The maximum atomic E-state index is 12.8. The van der Waals surface area contributed by atoms with Gasteiger partial charge in [-0.25, -0.2) is 9.80 Å². The number of carboxylic acid groups (broad SMARTS) is 1. The lowest BCUT2D eigenvalue weighted by atomic mass is 10.0. The van der Waals surface area contributed by atoms with Crippen molar-refractivity contribution < 1.29 is 29.0 Å². The van der Waals surface area contributed by atoms with E-state index in [1.165, 1.54) is 6.08 Å². The van der Waals surface area contributed by atoms with E-state index in [-0.39, 0.29) is 12.5 Å². The van der Waals surface area contributed by atoms with Gasteiger partial charge in [-0.15, -0.1) is 0 Å². The van der Waals surface area contributed by atoms with Crippen LogP contribution >= 0.6 is 0 Å². The minimum absolute atomic E-state index is 0.0243. The van der Waals surface area contributed by atoms with E-state index in [0.29, 0.717) is 17.9 Å². The molecule has 0 aliphatic carbocycles. The summed E-state index contributed by atoms with van der Waals surface area (Å²) in [4.78, 5) is 48.8. The van der Waals surface area contributed by atoms with Crippen LogP contribution < -0.4 is 10.7 Å². The summed E-state index contributed by atoms with van der Waals surface area (Å²) in [6.45, 7) is 2.69. The fourth-order valence-electron chi connectivity index (χ4n) is 3.11. The van der Waals surface area contributed by atoms with Crippen LogP contribution in [0.2, 0.25) is 0 Å². The molecule has 2 aromatic carbocycles. The zero-order valence-corrected chi connectivity index (χ0v) is 19.8. The number of benzene rings is 2. The first kappa shape index (κ1) is 27.1. The lowest BCUT2D eigenvalue weighted by Gasteiger charge is -2.26. The Kier molecular flexibility index (Phi) is 11.0. The summed E-state index contributed by atoms with van der Waals surface area (Å²) in [5.41, 5.74) is 4.19. The third kappa shape index (κ3) is 10.1. The van der Waals surface area contributed by atoms with E-state index in [9.17, 15) is 24.3 Å². The van der Waals surface area contributed by atoms with E-state index in [1.54, 1.807) is 32.1 Å². The van der Waals surface area contributed by atoms with E-state index in [1.807, 2.05) is 48.5 Å². The number of ether oxygens (including phenoxy) is 1. The van der Waals surface area contributed by atoms with Gasteiger partial charge in [0.2, 0.25) is 0 Å². The number of amides is 3. The van der Waals surface area contributed by atoms with Crippen molar-refractivity contribution in [1.29, 1.82) is 0 Å². The molecule has 9 nitrogen and oxygen atoms in total. The number of carbonyl (C=O) groups is 4. The smallest absolute Gasteiger partial charge is 0.408 e. The fourth-order valence-corrected chi connectivity index (χ4v) is 3.11. The monoisotopic (exact) mass is 481 g/mol. The van der Waals surface area contributed by atoms with Gasteiger partial charge < -0.3 is 15.2 Å². The summed E-state index contributed by atoms with van der Waals surface area (Å²) >= 11 is 0. The van der Waals surface area contributed by atoms with E-state index in [2.05, 4.69) is 10.7 Å². The molecule has 3 N–H and O–H groups in total. The number of allylic oxidation sites excluding steroid dienone is 1. The van der Waals surface area contributed by atoms with Gasteiger partial charge in [0.05, 0.1) is 0 Å². The highest BCUT2D eigenvalue weighted by Gasteiger charge is 2.28. The Morgan fingerprint density at radius 2 is 1.57 bits per heavy atom. The van der Waals surface area contributed by atoms with Crippen molar-refractivity contribution in [3.63, 3.8) is 0 Å². The Bertz CT molecular complexity index is 1010. The Morgan fingerprint density at radius 1 is 0.971 bits per heavy atom. The second-order valence-corrected chi connectivity index (χ2v) is 8.15. The van der Waals surface area contributed by atoms with Crippen LogP contribution in [0.5, 0.6) is 0 Å². The molecule has 0 aliphatic heterocycles. The van der Waals surface area contributed by atoms with Crippen molar-refractivity contribution in [1.82, 2.24) is 15.8 Å². The van der Waals surface area contributed by atoms with Crippen LogP contribution in [0.15, 0.2) is 72.8 Å². The number of hydrazine groups is 1. The zero-order valence-electron chi connectivity index (χ0n) is 19.8. The van der Waals surface area contributed by atoms with Gasteiger partial charge in [0, 0.05) is 6.08 Å². The number of aliphatic carboxylic acids is 1. The summed E-state index contributed by atoms with van der Waals surface area (Å²) in [5, 5.41) is 12.4. The Balaban J connectivity index is 1.94. The van der Waals surface area contributed by atoms with Crippen molar-refractivity contribution in [3.8, 4) is 0 Å². The predicted molar refractivity (Wildman–Crippen MR) is 130 cm³/mol. The van der Waals surface area contributed by atoms with Crippen molar-refractivity contribution >= 4 is 23.9 Å². The first-order chi connectivity index (χ1) is 16.8. The van der Waals surface area contributed by atoms with Gasteiger partial charge in [0.1, 0.15) is 19.2 Å². The maximum absolute atomic E-state index is 12.8. The van der Waals surface area contributed by atoms with Crippen LogP contribution in [0, 0.1) is 5.92 Å². The molecule has 2 rings (SSSR count). The predicted octanol–water partition coefficient (Wildman–Crippen LogP) is 3.07. The summed E-state index contributed by atoms with van der Waals surface area (Å²) in [5.74, 6) is -3.08. The summed E-state index contributed by atoms with van der Waals surface area (Å²) in [6.07, 6.45) is 3.31. The molecule has 0 spiro atoms. The molecular weight excluding hydrogens is 450 g/mol. The largest absolute Gasteiger partial charge is 0.480 e. The van der Waals surface area contributed by atoms with Gasteiger partial charge in [0.15, 0.2) is 0 Å². The van der Waals surface area contributed by atoms with E-state index in [4.69, 9.17) is 4.74 Å². The molecule has 2 aromatic rings. The van der Waals surface area contributed by atoms with Gasteiger partial charge in [-0.2, -0.15) is 0 Å². The minimum atomic E-state index is -1.30. The number of carbonyl (C=O) groups excluding carboxylic acids is 3. The van der Waals surface area contributed by atoms with Gasteiger partial charge >= 0.3 is 12.1 Å². The van der Waals surface area contributed by atoms with E-state index >= 15 is 0 Å². The third-order valence-electron chi connectivity index (χ3n) is 4.94. The molecule has 35 heavy (non-hydrogen) atoms. The average molecular weight is 482 g/mol. The van der Waals surface area contributed by atoms with Gasteiger partial charge in [0.25, 0.3) is 11.8 Å². The average Bonchev–Trinajstić information content (AvgIpc) is 2.84. The Morgan fingerprint density at radius 3 is 2.14 bits per heavy atom. The molecule has 0 heterocycles. The Labute approximate surface area is 204 Å². The number of nitrogens with one attached hydrogen (secondary N) is 2. The standard InChI is InChI=1S/C26H31N3O6/c1-19(2)24(27-26(34)35-18-21-14-7-4-8-15-21)25(33)28-29(17-23(31)32)22(30)16-10-9-13-20-11-5-3-6-12-20/h3-8,10-12,14-16,19,24H,9,13,17-18H2,1-2H3,(H,27,34)(H,28,33)(H,31,32)/b16-10+/t24-/m0/s1. The highest BCUT2D eigenvalue weighted by Crippen LogP contribution is 2.06. The lowest BCUT2D eigenvalue weighted by molar-refractivity contribution is -0.148. The molecule has 0 saturated carbocycles. The van der Waals surface area contributed by atoms with Gasteiger partial charge in [-0.3, -0.25) is 19.8 Å². The number of nitrogens with zero attached hydrogens (tertiary/aromatic N) is 1. The highest BCUT2D eigenvalue weighted by molar-refractivity contribution is 5.93. The number of alkyl carbamates (subject to hydrolysis) is 1. The molecule has 0 saturated heterocycles. The van der Waals surface area contributed by atoms with Crippen molar-refractivity contribution in [2.24, 2.45) is 5.92 Å². The molecule has 0 aliphatic rings. The SMILES string of the molecule is CC(C)[C@H](NC(=O)OCc1ccccc1)C(=O)NN(CC(=O)O)C(=O)/C=C/CCc1ccccc1. The Hall–Kier alpha value is -4.14. The second kappa shape index (κ2) is 14.2. The minimum Gasteiger partial charge on any atom is -0.480 e. The van der Waals surface area contributed by atoms with E-state index in [0.717, 1.165) is 11.1 Å². The van der Waals surface area contributed by atoms with Crippen molar-refractivity contribution in [3.05, 3.63) is 83.9 Å². The normalized spacial score (nSPS) is 11.6. The van der Waals surface area contributed by atoms with E-state index < -0.39 is 36.5 Å². The molecular formula is C26H31N3O6. The summed E-state index contributed by atoms with van der Waals surface area (Å²) in [7, 11) is 0. The van der Waals surface area contributed by atoms with Gasteiger partial charge in [-0.05, 0) is 29.9 Å². The first-order valence-corrected chi connectivity index (χ1v) is 11.3. The number of hydrogen-bond acceptors (Lipinski definition) is 5. The molecule has 186 valence electrons. The first-order valence-electron chi connectivity index (χ1n) is 11.3. The third-order valence-corrected chi connectivity index (χ3v) is 4.94. The molecule has 0 radical (unpaired) electrons. The number of carboxylic acids is 1. The number of rotatable bonds is 11. The molecule has 0 unspecified atom stereocenters. The molecule has 0 fully saturated rings. The summed E-state index contributed by atoms with van der Waals surface area (Å²) < 4.78 is 5.16. The molecule has 3 amide bonds. The molecule has 1 atom stereocenters. The van der Waals surface area contributed by atoms with Crippen molar-refractivity contribution in [2.75, 3.05) is 6.54 Å². The van der Waals surface area contributed by atoms with Crippen LogP contribution in [0.25, 0.3) is 0 Å². The quantitative estimate of drug-likeness (QED) is 0.335. The number of hydrogen-bond donors (Lipinski definition) is 3. The number of aryl methyl sites for hydroxylation is 1. The lowest BCUT2D eigenvalue weighted by Crippen LogP contribution is -2.56. The highest BCUT2D eigenvalue weighted by atomic mass is 16.5. The summed E-state index contributed by atoms with van der Waals surface area (Å²) in [6, 6.07) is 17.7. The van der Waals surface area contributed by atoms with Crippen molar-refractivity contribution in [2.45, 2.75) is 39.3 Å². The van der Waals surface area contributed by atoms with Crippen LogP contribution in [-0.4, -0.2) is 46.6 Å². The zero-order chi connectivity index (χ0) is 25.6. The van der Waals surface area contributed by atoms with Crippen LogP contribution in [0.3, 0.4) is 0 Å². The van der Waals surface area contributed by atoms with Crippen LogP contribution in [0.1, 0.15) is 31.4 Å². The molecule has 9 heteroatoms. The molecule has 0 aromatic heterocycles. The van der Waals surface area contributed by atoms with Crippen LogP contribution in [-0.2, 0) is 32.1 Å². The molecule has 0 bridgehead atoms. The topological polar surface area (TPSA) is 125 Å². The van der Waals surface area contributed by atoms with Gasteiger partial charge in [-0.1, -0.05) is 80.6 Å². The second-order valence-electron chi connectivity index (χ2n) is 8.15. The maximum Gasteiger partial charge on any atom is 0.408 e.